The topological polar surface area (TPSA) is 88.6 Å². The highest BCUT2D eigenvalue weighted by Gasteiger charge is 2.29. The van der Waals surface area contributed by atoms with Gasteiger partial charge >= 0.3 is 0 Å². The van der Waals surface area contributed by atoms with Crippen molar-refractivity contribution in [3.05, 3.63) is 65.7 Å². The summed E-state index contributed by atoms with van der Waals surface area (Å²) in [6.07, 6.45) is 8.04. The fourth-order valence-electron chi connectivity index (χ4n) is 5.04. The zero-order valence-electron chi connectivity index (χ0n) is 20.4. The quantitative estimate of drug-likeness (QED) is 0.391. The van der Waals surface area contributed by atoms with Gasteiger partial charge in [-0.1, -0.05) is 30.3 Å². The lowest BCUT2D eigenvalue weighted by atomic mass is 10.1. The van der Waals surface area contributed by atoms with Gasteiger partial charge in [-0.15, -0.1) is 0 Å². The summed E-state index contributed by atoms with van der Waals surface area (Å²) in [5.41, 5.74) is 4.00. The van der Waals surface area contributed by atoms with Gasteiger partial charge in [0.2, 0.25) is 5.95 Å². The Bertz CT molecular complexity index is 1430. The molecule has 36 heavy (non-hydrogen) atoms. The van der Waals surface area contributed by atoms with Crippen molar-refractivity contribution in [3.63, 3.8) is 0 Å². The van der Waals surface area contributed by atoms with Gasteiger partial charge in [-0.3, -0.25) is 18.7 Å². The van der Waals surface area contributed by atoms with Gasteiger partial charge in [0, 0.05) is 51.1 Å². The maximum atomic E-state index is 13.5. The molecule has 1 amide bonds. The highest BCUT2D eigenvalue weighted by Crippen LogP contribution is 2.26. The second-order valence-corrected chi connectivity index (χ2v) is 9.59. The van der Waals surface area contributed by atoms with Crippen LogP contribution in [0, 0.1) is 0 Å². The Morgan fingerprint density at radius 1 is 0.944 bits per heavy atom. The Morgan fingerprint density at radius 3 is 2.44 bits per heavy atom. The van der Waals surface area contributed by atoms with E-state index in [0.29, 0.717) is 17.0 Å². The Kier molecular flexibility index (Phi) is 5.75. The summed E-state index contributed by atoms with van der Waals surface area (Å²) in [6, 6.07) is 12.0. The molecule has 0 saturated carbocycles. The van der Waals surface area contributed by atoms with Crippen molar-refractivity contribution >= 4 is 23.3 Å². The summed E-state index contributed by atoms with van der Waals surface area (Å²) in [6.45, 7) is 3.30. The van der Waals surface area contributed by atoms with Crippen molar-refractivity contribution in [1.29, 1.82) is 0 Å². The Labute approximate surface area is 209 Å². The van der Waals surface area contributed by atoms with Crippen molar-refractivity contribution in [2.45, 2.75) is 32.1 Å². The van der Waals surface area contributed by atoms with Crippen LogP contribution in [-0.2, 0) is 13.5 Å². The molecule has 0 spiro atoms. The molecule has 9 heteroatoms. The summed E-state index contributed by atoms with van der Waals surface area (Å²) in [7, 11) is 1.71. The fraction of sp³-hybridized carbons (Fsp3) is 0.370. The number of benzene rings is 1. The summed E-state index contributed by atoms with van der Waals surface area (Å²) in [5, 5.41) is 4.22. The van der Waals surface area contributed by atoms with E-state index in [1.165, 1.54) is 17.3 Å². The molecule has 6 rings (SSSR count). The zero-order chi connectivity index (χ0) is 24.6. The first-order valence-corrected chi connectivity index (χ1v) is 12.6. The van der Waals surface area contributed by atoms with Gasteiger partial charge in [-0.05, 0) is 25.7 Å². The third-order valence-corrected chi connectivity index (χ3v) is 7.11. The van der Waals surface area contributed by atoms with E-state index >= 15 is 0 Å². The average Bonchev–Trinajstić information content (AvgIpc) is 3.47. The van der Waals surface area contributed by atoms with Crippen LogP contribution in [0.25, 0.3) is 16.9 Å². The molecule has 0 aliphatic carbocycles. The minimum Gasteiger partial charge on any atom is -0.342 e. The Balaban J connectivity index is 1.37. The molecule has 0 unspecified atom stereocenters. The van der Waals surface area contributed by atoms with Crippen molar-refractivity contribution < 1.29 is 9.59 Å². The number of ketones is 1. The van der Waals surface area contributed by atoms with Crippen molar-refractivity contribution in [2.75, 3.05) is 31.1 Å². The van der Waals surface area contributed by atoms with E-state index in [4.69, 9.17) is 9.97 Å². The number of carbonyl (C=O) groups excluding carboxylic acids is 2. The van der Waals surface area contributed by atoms with E-state index in [1.54, 1.807) is 11.9 Å². The monoisotopic (exact) mass is 483 g/mol. The molecule has 5 heterocycles. The number of fused-ring (bicyclic) bond motifs is 1. The van der Waals surface area contributed by atoms with Crippen LogP contribution < -0.4 is 4.90 Å². The van der Waals surface area contributed by atoms with Crippen LogP contribution in [0.5, 0.6) is 0 Å². The third-order valence-electron chi connectivity index (χ3n) is 7.11. The molecule has 2 aliphatic heterocycles. The number of carbonyl (C=O) groups is 2. The van der Waals surface area contributed by atoms with E-state index in [1.807, 2.05) is 47.0 Å². The summed E-state index contributed by atoms with van der Waals surface area (Å²) < 4.78 is 3.53. The number of hydrogen-bond donors (Lipinski definition) is 0. The minimum absolute atomic E-state index is 0.0741. The van der Waals surface area contributed by atoms with E-state index in [9.17, 15) is 9.59 Å². The van der Waals surface area contributed by atoms with E-state index in [0.717, 1.165) is 68.3 Å². The first-order chi connectivity index (χ1) is 17.6. The van der Waals surface area contributed by atoms with Crippen molar-refractivity contribution in [1.82, 2.24) is 29.0 Å². The minimum atomic E-state index is -0.171. The lowest BCUT2D eigenvalue weighted by Crippen LogP contribution is -2.42. The van der Waals surface area contributed by atoms with Crippen LogP contribution in [0.15, 0.2) is 48.8 Å². The van der Waals surface area contributed by atoms with E-state index < -0.39 is 0 Å². The molecule has 3 aromatic heterocycles. The first-order valence-electron chi connectivity index (χ1n) is 12.6. The molecule has 2 aliphatic rings. The predicted octanol–water partition coefficient (Wildman–Crippen LogP) is 3.39. The number of piperidine rings is 1. The lowest BCUT2D eigenvalue weighted by Gasteiger charge is -2.30. The summed E-state index contributed by atoms with van der Waals surface area (Å²) in [4.78, 5) is 40.2. The van der Waals surface area contributed by atoms with Gasteiger partial charge in [0.25, 0.3) is 5.91 Å². The number of rotatable bonds is 6. The highest BCUT2D eigenvalue weighted by atomic mass is 16.2. The molecule has 2 saturated heterocycles. The largest absolute Gasteiger partial charge is 0.342 e. The Hall–Kier alpha value is -4.01. The van der Waals surface area contributed by atoms with Crippen molar-refractivity contribution in [3.8, 4) is 11.3 Å². The summed E-state index contributed by atoms with van der Waals surface area (Å²) in [5.74, 6) is 0.512. The molecule has 0 bridgehead atoms. The van der Waals surface area contributed by atoms with Gasteiger partial charge in [0.15, 0.2) is 5.78 Å². The number of anilines is 1. The number of amides is 1. The van der Waals surface area contributed by atoms with Crippen LogP contribution >= 0.6 is 0 Å². The molecule has 184 valence electrons. The molecule has 0 atom stereocenters. The molecule has 2 fully saturated rings. The smallest absolute Gasteiger partial charge is 0.257 e. The maximum absolute atomic E-state index is 13.5. The second-order valence-electron chi connectivity index (χ2n) is 9.59. The maximum Gasteiger partial charge on any atom is 0.257 e. The molecular formula is C27H29N7O2. The Morgan fingerprint density at radius 2 is 1.72 bits per heavy atom. The zero-order valence-corrected chi connectivity index (χ0v) is 20.4. The first kappa shape index (κ1) is 22.5. The molecule has 1 aromatic carbocycles. The number of Topliss-reactive ketones (excluding diaryl/α,β-unsaturated/α-hetero) is 1. The van der Waals surface area contributed by atoms with Gasteiger partial charge in [-0.2, -0.15) is 5.10 Å². The number of nitrogens with zero attached hydrogens (tertiary/aromatic N) is 7. The normalized spacial score (nSPS) is 15.8. The van der Waals surface area contributed by atoms with Crippen LogP contribution in [0.4, 0.5) is 5.95 Å². The predicted molar refractivity (Wildman–Crippen MR) is 136 cm³/mol. The number of likely N-dealkylation sites (tertiary alicyclic amines) is 1. The van der Waals surface area contributed by atoms with E-state index in [-0.39, 0.29) is 18.1 Å². The van der Waals surface area contributed by atoms with Crippen LogP contribution in [0.1, 0.15) is 52.2 Å². The standard InChI is InChI=1S/C27H29N7O2/c1-31-25(21(17-28-31)26(36)32-13-8-14-32)23(35)15-20-16-24-30-22(19-9-4-2-5-10-19)18-34(24)27(29-20)33-11-6-3-7-12-33/h2,4-5,9-10,16-18H,3,6-8,11-15H2,1H3. The van der Waals surface area contributed by atoms with Gasteiger partial charge in [0.1, 0.15) is 11.3 Å². The van der Waals surface area contributed by atoms with E-state index in [2.05, 4.69) is 10.00 Å². The number of aromatic nitrogens is 5. The van der Waals surface area contributed by atoms with Gasteiger partial charge < -0.3 is 9.80 Å². The highest BCUT2D eigenvalue weighted by molar-refractivity contribution is 6.07. The van der Waals surface area contributed by atoms with Crippen LogP contribution in [0.3, 0.4) is 0 Å². The van der Waals surface area contributed by atoms with Gasteiger partial charge in [0.05, 0.1) is 29.6 Å². The summed E-state index contributed by atoms with van der Waals surface area (Å²) >= 11 is 0. The SMILES string of the molecule is Cn1ncc(C(=O)N2CCC2)c1C(=O)Cc1cc2nc(-c3ccccc3)cn2c(N2CCCCC2)n1. The average molecular weight is 484 g/mol. The molecular weight excluding hydrogens is 454 g/mol. The number of aryl methyl sites for hydroxylation is 1. The van der Waals surface area contributed by atoms with Crippen molar-refractivity contribution in [2.24, 2.45) is 7.05 Å². The number of imidazole rings is 1. The molecule has 9 nitrogen and oxygen atoms in total. The van der Waals surface area contributed by atoms with Gasteiger partial charge in [-0.25, -0.2) is 9.97 Å². The molecule has 4 aromatic rings. The van der Waals surface area contributed by atoms with Crippen LogP contribution in [0.2, 0.25) is 0 Å². The molecule has 0 N–H and O–H groups in total. The third kappa shape index (κ3) is 4.04. The fourth-order valence-corrected chi connectivity index (χ4v) is 5.04. The molecule has 0 radical (unpaired) electrons. The van der Waals surface area contributed by atoms with Crippen LogP contribution in [-0.4, -0.2) is 66.9 Å². The number of hydrogen-bond acceptors (Lipinski definition) is 6. The lowest BCUT2D eigenvalue weighted by molar-refractivity contribution is 0.0647. The second kappa shape index (κ2) is 9.22.